The van der Waals surface area contributed by atoms with Crippen molar-refractivity contribution in [1.82, 2.24) is 0 Å². The number of halogens is 3. The largest absolute Gasteiger partial charge is 0.484 e. The summed E-state index contributed by atoms with van der Waals surface area (Å²) in [5.74, 6) is 1.06. The Balaban J connectivity index is 2.15. The van der Waals surface area contributed by atoms with E-state index >= 15 is 0 Å². The third-order valence-electron chi connectivity index (χ3n) is 3.67. The highest BCUT2D eigenvalue weighted by Gasteiger charge is 2.28. The van der Waals surface area contributed by atoms with E-state index in [0.717, 1.165) is 39.0 Å². The van der Waals surface area contributed by atoms with Gasteiger partial charge in [-0.3, -0.25) is 4.99 Å². The summed E-state index contributed by atoms with van der Waals surface area (Å²) < 4.78 is 41.8. The number of alkyl halides is 3. The van der Waals surface area contributed by atoms with Crippen LogP contribution in [0.5, 0.6) is 5.75 Å². The molecule has 2 aromatic carbocycles. The molecule has 0 radical (unpaired) electrons. The van der Waals surface area contributed by atoms with Crippen molar-refractivity contribution < 1.29 is 17.9 Å². The number of benzene rings is 2. The molecule has 0 saturated carbocycles. The summed E-state index contributed by atoms with van der Waals surface area (Å²) in [6.45, 7) is 7.34. The lowest BCUT2D eigenvalue weighted by atomic mass is 10.1. The molecular weight excluding hydrogens is 373 g/mol. The lowest BCUT2D eigenvalue weighted by Gasteiger charge is -2.14. The molecule has 0 aliphatic rings. The monoisotopic (exact) mass is 396 g/mol. The highest BCUT2D eigenvalue weighted by molar-refractivity contribution is 7.99. The molecule has 2 aromatic rings. The molecule has 0 amide bonds. The number of hydrogen-bond donors (Lipinski definition) is 1. The van der Waals surface area contributed by atoms with Crippen LogP contribution in [0.1, 0.15) is 25.0 Å². The van der Waals surface area contributed by atoms with Crippen molar-refractivity contribution >= 4 is 23.3 Å². The minimum atomic E-state index is -4.35. The molecule has 0 heterocycles. The van der Waals surface area contributed by atoms with Crippen LogP contribution in [0.15, 0.2) is 51.2 Å². The highest BCUT2D eigenvalue weighted by Crippen LogP contribution is 2.35. The van der Waals surface area contributed by atoms with Gasteiger partial charge < -0.3 is 10.1 Å². The number of nitrogens with one attached hydrogen (secondary N) is 1. The minimum absolute atomic E-state index is 0.205. The zero-order chi connectivity index (χ0) is 20.0. The number of nitrogens with zero attached hydrogens (tertiary/aromatic N) is 1. The van der Waals surface area contributed by atoms with Gasteiger partial charge >= 0.3 is 6.18 Å². The molecule has 0 unspecified atom stereocenters. The van der Waals surface area contributed by atoms with Crippen LogP contribution in [0.4, 0.5) is 18.9 Å². The molecule has 146 valence electrons. The molecule has 3 nitrogen and oxygen atoms in total. The zero-order valence-electron chi connectivity index (χ0n) is 15.8. The molecule has 7 heteroatoms. The molecule has 0 aromatic heterocycles. The average Bonchev–Trinajstić information content (AvgIpc) is 2.57. The molecule has 0 aliphatic carbocycles. The summed E-state index contributed by atoms with van der Waals surface area (Å²) in [7, 11) is 0. The second kappa shape index (κ2) is 9.17. The van der Waals surface area contributed by atoms with Gasteiger partial charge in [-0.25, -0.2) is 0 Å². The van der Waals surface area contributed by atoms with Gasteiger partial charge in [-0.1, -0.05) is 17.8 Å². The van der Waals surface area contributed by atoms with E-state index in [2.05, 4.69) is 22.4 Å². The maximum absolute atomic E-state index is 12.3. The number of ether oxygens (including phenoxy) is 1. The summed E-state index contributed by atoms with van der Waals surface area (Å²) >= 11 is 1.49. The van der Waals surface area contributed by atoms with Crippen LogP contribution in [-0.2, 0) is 0 Å². The van der Waals surface area contributed by atoms with E-state index in [1.165, 1.54) is 17.8 Å². The van der Waals surface area contributed by atoms with Crippen molar-refractivity contribution in [3.63, 3.8) is 0 Å². The van der Waals surface area contributed by atoms with Crippen LogP contribution in [0.25, 0.3) is 0 Å². The predicted molar refractivity (Wildman–Crippen MR) is 105 cm³/mol. The standard InChI is InChI=1S/C20H23F3N2OS/c1-5-24-15(4)25-18-9-14(3)19(10-13(18)2)27-17-8-6-7-16(11-17)26-12-20(21,22)23/h6-11H,5,12H2,1-4H3,(H,24,25). The van der Waals surface area contributed by atoms with Gasteiger partial charge in [-0.2, -0.15) is 13.2 Å². The molecule has 0 spiro atoms. The van der Waals surface area contributed by atoms with Crippen molar-refractivity contribution in [3.05, 3.63) is 47.5 Å². The summed E-state index contributed by atoms with van der Waals surface area (Å²) in [6, 6.07) is 10.8. The molecule has 27 heavy (non-hydrogen) atoms. The fourth-order valence-electron chi connectivity index (χ4n) is 2.43. The van der Waals surface area contributed by atoms with Gasteiger partial charge in [0.25, 0.3) is 0 Å². The molecule has 0 atom stereocenters. The topological polar surface area (TPSA) is 33.6 Å². The summed E-state index contributed by atoms with van der Waals surface area (Å²) in [4.78, 5) is 6.19. The average molecular weight is 396 g/mol. The lowest BCUT2D eigenvalue weighted by molar-refractivity contribution is -0.153. The van der Waals surface area contributed by atoms with Gasteiger partial charge in [-0.15, -0.1) is 0 Å². The Morgan fingerprint density at radius 1 is 1.15 bits per heavy atom. The van der Waals surface area contributed by atoms with Crippen molar-refractivity contribution in [2.24, 2.45) is 4.99 Å². The van der Waals surface area contributed by atoms with E-state index in [-0.39, 0.29) is 5.75 Å². The Labute approximate surface area is 162 Å². The number of anilines is 1. The smallest absolute Gasteiger partial charge is 0.422 e. The maximum atomic E-state index is 12.3. The Morgan fingerprint density at radius 2 is 1.89 bits per heavy atom. The predicted octanol–water partition coefficient (Wildman–Crippen LogP) is 6.25. The number of hydrogen-bond acceptors (Lipinski definition) is 3. The fraction of sp³-hybridized carbons (Fsp3) is 0.350. The Bertz CT molecular complexity index is 819. The van der Waals surface area contributed by atoms with E-state index in [1.807, 2.05) is 33.8 Å². The summed E-state index contributed by atoms with van der Waals surface area (Å²) in [5.41, 5.74) is 3.13. The van der Waals surface area contributed by atoms with Gasteiger partial charge in [0, 0.05) is 22.0 Å². The molecule has 0 aliphatic heterocycles. The van der Waals surface area contributed by atoms with Crippen molar-refractivity contribution in [2.75, 3.05) is 18.5 Å². The van der Waals surface area contributed by atoms with Gasteiger partial charge in [0.05, 0.1) is 5.84 Å². The Kier molecular flexibility index (Phi) is 7.18. The van der Waals surface area contributed by atoms with E-state index in [0.29, 0.717) is 0 Å². The molecule has 2 rings (SSSR count). The fourth-order valence-corrected chi connectivity index (χ4v) is 3.46. The van der Waals surface area contributed by atoms with Crippen molar-refractivity contribution in [3.8, 4) is 5.75 Å². The van der Waals surface area contributed by atoms with Crippen LogP contribution < -0.4 is 10.1 Å². The first-order valence-electron chi connectivity index (χ1n) is 8.54. The van der Waals surface area contributed by atoms with Gasteiger partial charge in [-0.05, 0) is 69.2 Å². The maximum Gasteiger partial charge on any atom is 0.422 e. The van der Waals surface area contributed by atoms with Crippen molar-refractivity contribution in [1.29, 1.82) is 0 Å². The number of rotatable bonds is 6. The highest BCUT2D eigenvalue weighted by atomic mass is 32.2. The zero-order valence-corrected chi connectivity index (χ0v) is 16.6. The quantitative estimate of drug-likeness (QED) is 0.463. The second-order valence-corrected chi connectivity index (χ2v) is 7.21. The van der Waals surface area contributed by atoms with Gasteiger partial charge in [0.2, 0.25) is 0 Å². The van der Waals surface area contributed by atoms with E-state index in [9.17, 15) is 13.2 Å². The Hall–Kier alpha value is -2.15. The minimum Gasteiger partial charge on any atom is -0.484 e. The van der Waals surface area contributed by atoms with Crippen LogP contribution in [-0.4, -0.2) is 25.2 Å². The van der Waals surface area contributed by atoms with Gasteiger partial charge in [0.1, 0.15) is 5.75 Å². The summed E-state index contributed by atoms with van der Waals surface area (Å²) in [6.07, 6.45) is -4.35. The summed E-state index contributed by atoms with van der Waals surface area (Å²) in [5, 5.41) is 3.30. The molecule has 0 fully saturated rings. The van der Waals surface area contributed by atoms with Crippen LogP contribution in [0, 0.1) is 13.8 Å². The van der Waals surface area contributed by atoms with Crippen LogP contribution in [0.3, 0.4) is 0 Å². The van der Waals surface area contributed by atoms with E-state index in [4.69, 9.17) is 4.74 Å². The number of amidine groups is 1. The Morgan fingerprint density at radius 3 is 2.56 bits per heavy atom. The molecule has 1 N–H and O–H groups in total. The molecule has 0 bridgehead atoms. The third kappa shape index (κ3) is 6.82. The van der Waals surface area contributed by atoms with Gasteiger partial charge in [0.15, 0.2) is 6.61 Å². The number of aliphatic imine (C=N–C) groups is 1. The molecule has 0 saturated heterocycles. The second-order valence-electron chi connectivity index (χ2n) is 6.10. The number of aryl methyl sites for hydroxylation is 2. The first-order valence-corrected chi connectivity index (χ1v) is 9.36. The SMILES string of the molecule is CCN=C(C)Nc1cc(C)c(Sc2cccc(OCC(F)(F)F)c2)cc1C. The van der Waals surface area contributed by atoms with Crippen LogP contribution >= 0.6 is 11.8 Å². The van der Waals surface area contributed by atoms with E-state index < -0.39 is 12.8 Å². The third-order valence-corrected chi connectivity index (χ3v) is 4.82. The van der Waals surface area contributed by atoms with E-state index in [1.54, 1.807) is 12.1 Å². The normalized spacial score (nSPS) is 12.2. The first kappa shape index (κ1) is 21.2. The lowest BCUT2D eigenvalue weighted by Crippen LogP contribution is -2.19. The first-order chi connectivity index (χ1) is 12.7. The molecular formula is C20H23F3N2OS. The van der Waals surface area contributed by atoms with Crippen LogP contribution in [0.2, 0.25) is 0 Å². The van der Waals surface area contributed by atoms with Crippen molar-refractivity contribution in [2.45, 2.75) is 43.7 Å².